The van der Waals surface area contributed by atoms with E-state index >= 15 is 0 Å². The Bertz CT molecular complexity index is 172. The van der Waals surface area contributed by atoms with Crippen LogP contribution in [-0.2, 0) is 9.47 Å². The van der Waals surface area contributed by atoms with Crippen LogP contribution in [0.1, 0.15) is 34.1 Å². The van der Waals surface area contributed by atoms with Gasteiger partial charge in [0.2, 0.25) is 0 Å². The lowest BCUT2D eigenvalue weighted by Crippen LogP contribution is -2.45. The van der Waals surface area contributed by atoms with Crippen LogP contribution in [0, 0.1) is 0 Å². The lowest BCUT2D eigenvalue weighted by Gasteiger charge is -2.32. The zero-order chi connectivity index (χ0) is 11.4. The molecule has 0 bridgehead atoms. The fourth-order valence-corrected chi connectivity index (χ4v) is 2.58. The number of hydrogen-bond acceptors (Lipinski definition) is 3. The van der Waals surface area contributed by atoms with Crippen molar-refractivity contribution < 1.29 is 9.47 Å². The van der Waals surface area contributed by atoms with Crippen molar-refractivity contribution in [2.24, 2.45) is 0 Å². The molecule has 1 rings (SSSR count). The summed E-state index contributed by atoms with van der Waals surface area (Å²) in [7, 11) is 1.80. The predicted octanol–water partition coefficient (Wildman–Crippen LogP) is 1.91. The molecule has 1 saturated heterocycles. The summed E-state index contributed by atoms with van der Waals surface area (Å²) in [6.07, 6.45) is 1.99. The Hall–Kier alpha value is -0.120. The minimum absolute atomic E-state index is 0.248. The molecule has 0 aliphatic carbocycles. The van der Waals surface area contributed by atoms with E-state index < -0.39 is 0 Å². The zero-order valence-corrected chi connectivity index (χ0v) is 10.7. The lowest BCUT2D eigenvalue weighted by atomic mass is 10.1. The van der Waals surface area contributed by atoms with E-state index in [0.29, 0.717) is 12.1 Å². The first-order valence-electron chi connectivity index (χ1n) is 6.02. The third-order valence-corrected chi connectivity index (χ3v) is 3.18. The van der Waals surface area contributed by atoms with Gasteiger partial charge in [-0.2, -0.15) is 0 Å². The van der Waals surface area contributed by atoms with E-state index in [4.69, 9.17) is 9.47 Å². The molecular weight excluding hydrogens is 190 g/mol. The summed E-state index contributed by atoms with van der Waals surface area (Å²) in [5.74, 6) is 0. The molecule has 3 nitrogen and oxygen atoms in total. The van der Waals surface area contributed by atoms with Crippen LogP contribution in [0.25, 0.3) is 0 Å². The van der Waals surface area contributed by atoms with Crippen molar-refractivity contribution >= 4 is 0 Å². The Morgan fingerprint density at radius 1 is 1.33 bits per heavy atom. The van der Waals surface area contributed by atoms with Crippen molar-refractivity contribution in [1.29, 1.82) is 0 Å². The molecular formula is C12H25NO2. The molecule has 0 N–H and O–H groups in total. The molecule has 0 amide bonds. The van der Waals surface area contributed by atoms with Crippen molar-refractivity contribution in [3.05, 3.63) is 0 Å². The highest BCUT2D eigenvalue weighted by Crippen LogP contribution is 2.24. The van der Waals surface area contributed by atoms with Gasteiger partial charge in [0.05, 0.1) is 24.4 Å². The molecule has 0 aromatic rings. The normalized spacial score (nSPS) is 30.0. The highest BCUT2D eigenvalue weighted by atomic mass is 16.5. The average molecular weight is 215 g/mol. The maximum Gasteiger partial charge on any atom is 0.0763 e. The van der Waals surface area contributed by atoms with Crippen molar-refractivity contribution in [1.82, 2.24) is 4.90 Å². The van der Waals surface area contributed by atoms with E-state index in [1.165, 1.54) is 0 Å². The lowest BCUT2D eigenvalue weighted by molar-refractivity contribution is -0.0585. The molecule has 1 aliphatic rings. The maximum atomic E-state index is 5.88. The van der Waals surface area contributed by atoms with Crippen LogP contribution in [0.3, 0.4) is 0 Å². The molecule has 90 valence electrons. The van der Waals surface area contributed by atoms with Gasteiger partial charge in [-0.25, -0.2) is 0 Å². The number of hydrogen-bond donors (Lipinski definition) is 0. The van der Waals surface area contributed by atoms with Crippen molar-refractivity contribution in [3.63, 3.8) is 0 Å². The molecule has 0 radical (unpaired) electrons. The van der Waals surface area contributed by atoms with E-state index in [1.807, 2.05) is 0 Å². The highest BCUT2D eigenvalue weighted by molar-refractivity contribution is 4.91. The monoisotopic (exact) mass is 215 g/mol. The Kier molecular flexibility index (Phi) is 5.03. The quantitative estimate of drug-likeness (QED) is 0.699. The second-order valence-electron chi connectivity index (χ2n) is 4.57. The molecule has 0 saturated carbocycles. The van der Waals surface area contributed by atoms with E-state index in [9.17, 15) is 0 Å². The number of likely N-dealkylation sites (N-methyl/N-ethyl adjacent to an activating group) is 1. The standard InChI is InChI=1S/C12H25NO2/c1-6-13-8-7-11(14-5)12(13)10(4)15-9(2)3/h9-12H,6-8H2,1-5H3/t10?,11-,12+/m0/s1. The molecule has 0 aromatic carbocycles. The molecule has 1 fully saturated rings. The number of nitrogens with zero attached hydrogens (tertiary/aromatic N) is 1. The topological polar surface area (TPSA) is 21.7 Å². The minimum atomic E-state index is 0.248. The molecule has 1 heterocycles. The highest BCUT2D eigenvalue weighted by Gasteiger charge is 2.37. The summed E-state index contributed by atoms with van der Waals surface area (Å²) in [6.45, 7) is 10.7. The summed E-state index contributed by atoms with van der Waals surface area (Å²) < 4.78 is 11.4. The molecule has 1 aliphatic heterocycles. The van der Waals surface area contributed by atoms with Crippen molar-refractivity contribution in [2.75, 3.05) is 20.2 Å². The molecule has 3 heteroatoms. The summed E-state index contributed by atoms with van der Waals surface area (Å²) in [5.41, 5.74) is 0. The van der Waals surface area contributed by atoms with Gasteiger partial charge in [0.15, 0.2) is 0 Å². The van der Waals surface area contributed by atoms with Crippen LogP contribution in [0.2, 0.25) is 0 Å². The molecule has 1 unspecified atom stereocenters. The summed E-state index contributed by atoms with van der Waals surface area (Å²) in [6, 6.07) is 0.419. The minimum Gasteiger partial charge on any atom is -0.380 e. The average Bonchev–Trinajstić information content (AvgIpc) is 2.58. The maximum absolute atomic E-state index is 5.88. The zero-order valence-electron chi connectivity index (χ0n) is 10.7. The predicted molar refractivity (Wildman–Crippen MR) is 62.1 cm³/mol. The molecule has 0 spiro atoms. The third-order valence-electron chi connectivity index (χ3n) is 3.18. The van der Waals surface area contributed by atoms with Crippen LogP contribution in [0.5, 0.6) is 0 Å². The Balaban J connectivity index is 2.60. The first-order chi connectivity index (χ1) is 7.10. The van der Waals surface area contributed by atoms with Crippen molar-refractivity contribution in [2.45, 2.75) is 58.5 Å². The van der Waals surface area contributed by atoms with E-state index in [2.05, 4.69) is 32.6 Å². The van der Waals surface area contributed by atoms with Gasteiger partial charge in [-0.15, -0.1) is 0 Å². The van der Waals surface area contributed by atoms with E-state index in [1.54, 1.807) is 7.11 Å². The van der Waals surface area contributed by atoms with Gasteiger partial charge in [0.25, 0.3) is 0 Å². The fraction of sp³-hybridized carbons (Fsp3) is 1.00. The number of likely N-dealkylation sites (tertiary alicyclic amines) is 1. The Morgan fingerprint density at radius 2 is 2.00 bits per heavy atom. The van der Waals surface area contributed by atoms with Gasteiger partial charge >= 0.3 is 0 Å². The number of ether oxygens (including phenoxy) is 2. The van der Waals surface area contributed by atoms with Crippen LogP contribution < -0.4 is 0 Å². The first kappa shape index (κ1) is 12.9. The fourth-order valence-electron chi connectivity index (χ4n) is 2.58. The van der Waals surface area contributed by atoms with E-state index in [-0.39, 0.29) is 12.2 Å². The van der Waals surface area contributed by atoms with Gasteiger partial charge in [-0.1, -0.05) is 6.92 Å². The van der Waals surface area contributed by atoms with Gasteiger partial charge in [-0.3, -0.25) is 4.90 Å². The smallest absolute Gasteiger partial charge is 0.0763 e. The SMILES string of the molecule is CCN1CC[C@H](OC)[C@H]1C(C)OC(C)C. The van der Waals surface area contributed by atoms with Gasteiger partial charge in [0, 0.05) is 13.7 Å². The van der Waals surface area contributed by atoms with Crippen LogP contribution in [-0.4, -0.2) is 49.5 Å². The van der Waals surface area contributed by atoms with Gasteiger partial charge in [-0.05, 0) is 33.7 Å². The summed E-state index contributed by atoms with van der Waals surface area (Å²) in [5, 5.41) is 0. The third kappa shape index (κ3) is 3.16. The molecule has 0 aromatic heterocycles. The van der Waals surface area contributed by atoms with Crippen LogP contribution >= 0.6 is 0 Å². The van der Waals surface area contributed by atoms with Crippen LogP contribution in [0.4, 0.5) is 0 Å². The second kappa shape index (κ2) is 5.83. The first-order valence-corrected chi connectivity index (χ1v) is 6.02. The van der Waals surface area contributed by atoms with E-state index in [0.717, 1.165) is 19.5 Å². The summed E-state index contributed by atoms with van der Waals surface area (Å²) in [4.78, 5) is 2.46. The molecule has 3 atom stereocenters. The van der Waals surface area contributed by atoms with Gasteiger partial charge < -0.3 is 9.47 Å². The van der Waals surface area contributed by atoms with Gasteiger partial charge in [0.1, 0.15) is 0 Å². The Labute approximate surface area is 93.7 Å². The Morgan fingerprint density at radius 3 is 2.47 bits per heavy atom. The number of rotatable bonds is 5. The largest absolute Gasteiger partial charge is 0.380 e. The number of methoxy groups -OCH3 is 1. The summed E-state index contributed by atoms with van der Waals surface area (Å²) >= 11 is 0. The molecule has 15 heavy (non-hydrogen) atoms. The second-order valence-corrected chi connectivity index (χ2v) is 4.57. The van der Waals surface area contributed by atoms with Crippen molar-refractivity contribution in [3.8, 4) is 0 Å². The van der Waals surface area contributed by atoms with Crippen LogP contribution in [0.15, 0.2) is 0 Å².